The zero-order valence-corrected chi connectivity index (χ0v) is 8.51. The van der Waals surface area contributed by atoms with Gasteiger partial charge >= 0.3 is 0 Å². The fourth-order valence-corrected chi connectivity index (χ4v) is 2.54. The summed E-state index contributed by atoms with van der Waals surface area (Å²) >= 11 is 0. The van der Waals surface area contributed by atoms with E-state index in [-0.39, 0.29) is 5.60 Å². The molecule has 2 aliphatic rings. The van der Waals surface area contributed by atoms with Crippen LogP contribution in [0.1, 0.15) is 46.0 Å². The zero-order chi connectivity index (χ0) is 9.47. The van der Waals surface area contributed by atoms with Crippen LogP contribution in [0.3, 0.4) is 0 Å². The molecule has 0 radical (unpaired) electrons. The first-order chi connectivity index (χ1) is 6.14. The van der Waals surface area contributed by atoms with Gasteiger partial charge in [-0.3, -0.25) is 4.79 Å². The molecule has 2 fully saturated rings. The van der Waals surface area contributed by atoms with Crippen molar-refractivity contribution in [2.24, 2.45) is 5.92 Å². The highest BCUT2D eigenvalue weighted by Gasteiger charge is 2.48. The predicted molar refractivity (Wildman–Crippen MR) is 50.5 cm³/mol. The standard InChI is InChI=1S/C11H18O2/c1-8(2)9-5-7-11(13-9)6-3-4-10(11)12/h8-9H,3-7H2,1-2H3/t9-,11+/m1/s1. The number of ketones is 1. The summed E-state index contributed by atoms with van der Waals surface area (Å²) in [5.74, 6) is 0.906. The van der Waals surface area contributed by atoms with Crippen LogP contribution in [-0.4, -0.2) is 17.5 Å². The summed E-state index contributed by atoms with van der Waals surface area (Å²) < 4.78 is 5.93. The van der Waals surface area contributed by atoms with Crippen molar-refractivity contribution in [1.82, 2.24) is 0 Å². The minimum atomic E-state index is -0.338. The molecule has 0 N–H and O–H groups in total. The summed E-state index contributed by atoms with van der Waals surface area (Å²) in [6.07, 6.45) is 5.10. The molecule has 0 aromatic heterocycles. The first-order valence-electron chi connectivity index (χ1n) is 5.35. The Bertz CT molecular complexity index is 222. The van der Waals surface area contributed by atoms with Crippen LogP contribution in [0.4, 0.5) is 0 Å². The van der Waals surface area contributed by atoms with E-state index in [0.717, 1.165) is 32.1 Å². The Morgan fingerprint density at radius 3 is 2.69 bits per heavy atom. The first-order valence-corrected chi connectivity index (χ1v) is 5.35. The molecule has 0 amide bonds. The number of hydrogen-bond donors (Lipinski definition) is 0. The van der Waals surface area contributed by atoms with Crippen LogP contribution in [0.15, 0.2) is 0 Å². The molecule has 0 aromatic rings. The second-order valence-electron chi connectivity index (χ2n) is 4.71. The highest BCUT2D eigenvalue weighted by atomic mass is 16.5. The monoisotopic (exact) mass is 182 g/mol. The van der Waals surface area contributed by atoms with E-state index in [2.05, 4.69) is 13.8 Å². The van der Waals surface area contributed by atoms with Gasteiger partial charge < -0.3 is 4.74 Å². The topological polar surface area (TPSA) is 26.3 Å². The maximum atomic E-state index is 11.6. The van der Waals surface area contributed by atoms with Gasteiger partial charge in [-0.15, -0.1) is 0 Å². The van der Waals surface area contributed by atoms with Crippen molar-refractivity contribution in [1.29, 1.82) is 0 Å². The van der Waals surface area contributed by atoms with E-state index in [0.29, 0.717) is 17.8 Å². The lowest BCUT2D eigenvalue weighted by Gasteiger charge is -2.23. The van der Waals surface area contributed by atoms with Crippen LogP contribution in [-0.2, 0) is 9.53 Å². The number of rotatable bonds is 1. The molecule has 1 aliphatic heterocycles. The molecular formula is C11H18O2. The van der Waals surface area contributed by atoms with E-state index in [4.69, 9.17) is 4.74 Å². The van der Waals surface area contributed by atoms with Crippen molar-refractivity contribution in [3.05, 3.63) is 0 Å². The van der Waals surface area contributed by atoms with Crippen LogP contribution >= 0.6 is 0 Å². The van der Waals surface area contributed by atoms with Crippen molar-refractivity contribution in [2.45, 2.75) is 57.7 Å². The Morgan fingerprint density at radius 1 is 1.46 bits per heavy atom. The van der Waals surface area contributed by atoms with Gasteiger partial charge in [0.25, 0.3) is 0 Å². The Hall–Kier alpha value is -0.370. The third-order valence-corrected chi connectivity index (χ3v) is 3.45. The van der Waals surface area contributed by atoms with E-state index >= 15 is 0 Å². The molecule has 1 aliphatic carbocycles. The smallest absolute Gasteiger partial charge is 0.164 e. The van der Waals surface area contributed by atoms with Crippen LogP contribution in [0.2, 0.25) is 0 Å². The van der Waals surface area contributed by atoms with Crippen molar-refractivity contribution in [3.63, 3.8) is 0 Å². The third-order valence-electron chi connectivity index (χ3n) is 3.45. The molecule has 1 saturated carbocycles. The highest BCUT2D eigenvalue weighted by molar-refractivity contribution is 5.89. The van der Waals surface area contributed by atoms with Crippen molar-refractivity contribution >= 4 is 5.78 Å². The number of Topliss-reactive ketones (excluding diaryl/α,β-unsaturated/α-hetero) is 1. The molecular weight excluding hydrogens is 164 g/mol. The van der Waals surface area contributed by atoms with Crippen molar-refractivity contribution < 1.29 is 9.53 Å². The average molecular weight is 182 g/mol. The van der Waals surface area contributed by atoms with Gasteiger partial charge in [-0.25, -0.2) is 0 Å². The molecule has 2 rings (SSSR count). The van der Waals surface area contributed by atoms with E-state index in [9.17, 15) is 4.79 Å². The Balaban J connectivity index is 2.07. The summed E-state index contributed by atoms with van der Waals surface area (Å²) in [5.41, 5.74) is -0.338. The first kappa shape index (κ1) is 9.20. The van der Waals surface area contributed by atoms with Gasteiger partial charge in [-0.1, -0.05) is 13.8 Å². The van der Waals surface area contributed by atoms with E-state index < -0.39 is 0 Å². The van der Waals surface area contributed by atoms with E-state index in [1.54, 1.807) is 0 Å². The molecule has 2 heteroatoms. The molecule has 0 unspecified atom stereocenters. The maximum absolute atomic E-state index is 11.6. The number of ether oxygens (including phenoxy) is 1. The van der Waals surface area contributed by atoms with Crippen molar-refractivity contribution in [3.8, 4) is 0 Å². The van der Waals surface area contributed by atoms with Gasteiger partial charge in [0, 0.05) is 6.42 Å². The number of hydrogen-bond acceptors (Lipinski definition) is 2. The molecule has 2 atom stereocenters. The van der Waals surface area contributed by atoms with Crippen LogP contribution in [0, 0.1) is 5.92 Å². The van der Waals surface area contributed by atoms with E-state index in [1.165, 1.54) is 0 Å². The lowest BCUT2D eigenvalue weighted by Crippen LogP contribution is -2.34. The number of carbonyl (C=O) groups excluding carboxylic acids is 1. The SMILES string of the molecule is CC(C)[C@H]1CC[C@]2(CCCC2=O)O1. The van der Waals surface area contributed by atoms with Gasteiger partial charge in [0.15, 0.2) is 5.78 Å². The normalized spacial score (nSPS) is 39.6. The molecule has 1 spiro atoms. The largest absolute Gasteiger partial charge is 0.364 e. The van der Waals surface area contributed by atoms with Crippen LogP contribution in [0.5, 0.6) is 0 Å². The molecule has 2 nitrogen and oxygen atoms in total. The summed E-state index contributed by atoms with van der Waals surface area (Å²) in [7, 11) is 0. The summed E-state index contributed by atoms with van der Waals surface area (Å²) in [5, 5.41) is 0. The minimum Gasteiger partial charge on any atom is -0.364 e. The third kappa shape index (κ3) is 1.41. The van der Waals surface area contributed by atoms with Crippen molar-refractivity contribution in [2.75, 3.05) is 0 Å². The van der Waals surface area contributed by atoms with Crippen LogP contribution < -0.4 is 0 Å². The lowest BCUT2D eigenvalue weighted by molar-refractivity contribution is -0.140. The molecule has 13 heavy (non-hydrogen) atoms. The molecule has 1 saturated heterocycles. The van der Waals surface area contributed by atoms with Crippen LogP contribution in [0.25, 0.3) is 0 Å². The molecule has 1 heterocycles. The second-order valence-corrected chi connectivity index (χ2v) is 4.71. The van der Waals surface area contributed by atoms with Gasteiger partial charge in [-0.05, 0) is 31.6 Å². The second kappa shape index (κ2) is 3.09. The molecule has 74 valence electrons. The fourth-order valence-electron chi connectivity index (χ4n) is 2.54. The Kier molecular flexibility index (Phi) is 2.18. The molecule has 0 bridgehead atoms. The Morgan fingerprint density at radius 2 is 2.23 bits per heavy atom. The predicted octanol–water partition coefficient (Wildman–Crippen LogP) is 2.31. The Labute approximate surface area is 79.7 Å². The minimum absolute atomic E-state index is 0.321. The maximum Gasteiger partial charge on any atom is 0.164 e. The van der Waals surface area contributed by atoms with Gasteiger partial charge in [0.1, 0.15) is 5.60 Å². The van der Waals surface area contributed by atoms with Gasteiger partial charge in [0.2, 0.25) is 0 Å². The lowest BCUT2D eigenvalue weighted by atomic mass is 9.96. The summed E-state index contributed by atoms with van der Waals surface area (Å²) in [4.78, 5) is 11.6. The zero-order valence-electron chi connectivity index (χ0n) is 8.51. The van der Waals surface area contributed by atoms with E-state index in [1.807, 2.05) is 0 Å². The quantitative estimate of drug-likeness (QED) is 0.622. The van der Waals surface area contributed by atoms with Gasteiger partial charge in [0.05, 0.1) is 6.10 Å². The average Bonchev–Trinajstić information content (AvgIpc) is 2.63. The number of carbonyl (C=O) groups is 1. The summed E-state index contributed by atoms with van der Waals surface area (Å²) in [6, 6.07) is 0. The molecule has 0 aromatic carbocycles. The highest BCUT2D eigenvalue weighted by Crippen LogP contribution is 2.42. The fraction of sp³-hybridized carbons (Fsp3) is 0.909. The van der Waals surface area contributed by atoms with Gasteiger partial charge in [-0.2, -0.15) is 0 Å². The summed E-state index contributed by atoms with van der Waals surface area (Å²) in [6.45, 7) is 4.34.